The lowest BCUT2D eigenvalue weighted by molar-refractivity contribution is -0.139. The smallest absolute Gasteiger partial charge is 0.419 e. The van der Waals surface area contributed by atoms with Gasteiger partial charge in [0.15, 0.2) is 0 Å². The van der Waals surface area contributed by atoms with Crippen molar-refractivity contribution in [1.29, 1.82) is 0 Å². The van der Waals surface area contributed by atoms with E-state index in [1.807, 2.05) is 11.9 Å². The molecule has 0 amide bonds. The molecule has 220 valence electrons. The highest BCUT2D eigenvalue weighted by atomic mass is 35.5. The Morgan fingerprint density at radius 2 is 1.56 bits per heavy atom. The first kappa shape index (κ1) is 29.5. The van der Waals surface area contributed by atoms with Crippen molar-refractivity contribution in [3.05, 3.63) is 87.9 Å². The molecule has 2 fully saturated rings. The first-order valence-electron chi connectivity index (χ1n) is 12.7. The lowest BCUT2D eigenvalue weighted by Gasteiger charge is -2.19. The van der Waals surface area contributed by atoms with Crippen LogP contribution in [-0.4, -0.2) is 39.6 Å². The number of rotatable bonds is 7. The Labute approximate surface area is 238 Å². The number of ether oxygens (including phenoxy) is 1. The summed E-state index contributed by atoms with van der Waals surface area (Å²) < 4.78 is 114. The summed E-state index contributed by atoms with van der Waals surface area (Å²) in [6, 6.07) is 12.1. The van der Waals surface area contributed by atoms with E-state index in [1.165, 1.54) is 24.3 Å². The Balaban J connectivity index is 1.32. The van der Waals surface area contributed by atoms with Crippen LogP contribution in [0, 0.1) is 0 Å². The van der Waals surface area contributed by atoms with Crippen molar-refractivity contribution in [3.63, 3.8) is 0 Å². The first-order chi connectivity index (χ1) is 19.1. The Hall–Kier alpha value is -2.96. The number of hydrogen-bond donors (Lipinski definition) is 1. The molecule has 3 aromatic carbocycles. The largest absolute Gasteiger partial charge is 0.488 e. The third-order valence-electron chi connectivity index (χ3n) is 7.31. The van der Waals surface area contributed by atoms with Crippen molar-refractivity contribution >= 4 is 27.3 Å². The van der Waals surface area contributed by atoms with Crippen LogP contribution in [0.4, 0.5) is 32.0 Å². The molecule has 41 heavy (non-hydrogen) atoms. The highest BCUT2D eigenvalue weighted by Crippen LogP contribution is 2.55. The van der Waals surface area contributed by atoms with Crippen LogP contribution in [0.5, 0.6) is 5.75 Å². The SMILES string of the molecule is CN1CC[C@@H](Oc2cc(NS(=O)(=O)c3ccc(C4CC4c4ccc(C(F)(F)F)cc4)cc3Cl)ccc2C(F)(F)F)C1. The monoisotopic (exact) mass is 618 g/mol. The normalized spacial score (nSPS) is 21.6. The van der Waals surface area contributed by atoms with Crippen LogP contribution in [-0.2, 0) is 22.4 Å². The minimum absolute atomic E-state index is 0.0286. The third-order valence-corrected chi connectivity index (χ3v) is 9.18. The van der Waals surface area contributed by atoms with Gasteiger partial charge in [0.1, 0.15) is 16.7 Å². The van der Waals surface area contributed by atoms with E-state index in [2.05, 4.69) is 4.72 Å². The Kier molecular flexibility index (Phi) is 7.71. The van der Waals surface area contributed by atoms with Gasteiger partial charge in [0.2, 0.25) is 0 Å². The molecule has 3 aromatic rings. The molecule has 5 rings (SSSR count). The summed E-state index contributed by atoms with van der Waals surface area (Å²) in [6.07, 6.45) is -8.39. The highest BCUT2D eigenvalue weighted by molar-refractivity contribution is 7.92. The number of likely N-dealkylation sites (N-methyl/N-ethyl adjacent to an activating group) is 1. The van der Waals surface area contributed by atoms with Crippen LogP contribution in [0.3, 0.4) is 0 Å². The number of nitrogens with one attached hydrogen (secondary N) is 1. The van der Waals surface area contributed by atoms with E-state index in [0.29, 0.717) is 25.9 Å². The number of alkyl halides is 6. The molecule has 1 saturated heterocycles. The zero-order chi connectivity index (χ0) is 29.7. The van der Waals surface area contributed by atoms with E-state index in [-0.39, 0.29) is 27.4 Å². The van der Waals surface area contributed by atoms with Crippen LogP contribution in [0.1, 0.15) is 46.9 Å². The van der Waals surface area contributed by atoms with Crippen molar-refractivity contribution in [2.75, 3.05) is 24.9 Å². The van der Waals surface area contributed by atoms with Gasteiger partial charge in [-0.25, -0.2) is 8.42 Å². The molecule has 0 aromatic heterocycles. The molecule has 1 aliphatic carbocycles. The van der Waals surface area contributed by atoms with Gasteiger partial charge in [-0.15, -0.1) is 0 Å². The first-order valence-corrected chi connectivity index (χ1v) is 14.5. The molecule has 1 N–H and O–H groups in total. The highest BCUT2D eigenvalue weighted by Gasteiger charge is 2.41. The summed E-state index contributed by atoms with van der Waals surface area (Å²) in [6.45, 7) is 1.11. The number of nitrogens with zero attached hydrogens (tertiary/aromatic N) is 1. The van der Waals surface area contributed by atoms with Gasteiger partial charge in [0.05, 0.1) is 21.8 Å². The molecule has 1 heterocycles. The lowest BCUT2D eigenvalue weighted by atomic mass is 10.0. The number of likely N-dealkylation sites (tertiary alicyclic amines) is 1. The maximum Gasteiger partial charge on any atom is 0.419 e. The standard InChI is InChI=1S/C28H25ClF6N2O3S/c1-37-11-10-20(15-37)40-25-13-19(7-8-23(25)28(33,34)35)36-41(38,39)26-9-4-17(12-24(26)29)22-14-21(22)16-2-5-18(6-3-16)27(30,31)32/h2-9,12-13,20-22,36H,10-11,14-15H2,1H3/t20-,21?,22?/m1/s1. The lowest BCUT2D eigenvalue weighted by Crippen LogP contribution is -2.23. The van der Waals surface area contributed by atoms with E-state index in [9.17, 15) is 34.8 Å². The summed E-state index contributed by atoms with van der Waals surface area (Å²) in [5.74, 6) is -0.542. The molecule has 0 bridgehead atoms. The number of hydrogen-bond acceptors (Lipinski definition) is 4. The van der Waals surface area contributed by atoms with Crippen molar-refractivity contribution in [1.82, 2.24) is 4.90 Å². The van der Waals surface area contributed by atoms with Crippen LogP contribution < -0.4 is 9.46 Å². The average molecular weight is 619 g/mol. The van der Waals surface area contributed by atoms with Gasteiger partial charge in [-0.2, -0.15) is 26.3 Å². The number of sulfonamides is 1. The van der Waals surface area contributed by atoms with Crippen LogP contribution in [0.25, 0.3) is 0 Å². The molecule has 13 heteroatoms. The van der Waals surface area contributed by atoms with Crippen LogP contribution in [0.15, 0.2) is 65.6 Å². The number of benzene rings is 3. The van der Waals surface area contributed by atoms with E-state index >= 15 is 0 Å². The third kappa shape index (κ3) is 6.60. The predicted octanol–water partition coefficient (Wildman–Crippen LogP) is 7.53. The second-order valence-corrected chi connectivity index (χ2v) is 12.4. The minimum Gasteiger partial charge on any atom is -0.488 e. The quantitative estimate of drug-likeness (QED) is 0.278. The Bertz CT molecular complexity index is 1540. The van der Waals surface area contributed by atoms with Gasteiger partial charge in [-0.3, -0.25) is 4.72 Å². The predicted molar refractivity (Wildman–Crippen MR) is 142 cm³/mol. The minimum atomic E-state index is -4.70. The van der Waals surface area contributed by atoms with Crippen LogP contribution >= 0.6 is 11.6 Å². The molecule has 2 unspecified atom stereocenters. The zero-order valence-corrected chi connectivity index (χ0v) is 23.1. The summed E-state index contributed by atoms with van der Waals surface area (Å²) in [5.41, 5.74) is -0.400. The molecule has 1 aliphatic heterocycles. The second-order valence-electron chi connectivity index (χ2n) is 10.4. The topological polar surface area (TPSA) is 58.6 Å². The number of halogens is 7. The molecule has 1 saturated carbocycles. The van der Waals surface area contributed by atoms with Crippen LogP contribution in [0.2, 0.25) is 5.02 Å². The summed E-state index contributed by atoms with van der Waals surface area (Å²) in [4.78, 5) is 1.65. The van der Waals surface area contributed by atoms with Gasteiger partial charge in [-0.05, 0) is 79.3 Å². The summed E-state index contributed by atoms with van der Waals surface area (Å²) in [5, 5.41) is -0.0922. The maximum atomic E-state index is 13.6. The van der Waals surface area contributed by atoms with E-state index < -0.39 is 45.4 Å². The molecule has 0 spiro atoms. The van der Waals surface area contributed by atoms with E-state index in [1.54, 1.807) is 6.07 Å². The molecular weight excluding hydrogens is 594 g/mol. The number of anilines is 1. The summed E-state index contributed by atoms with van der Waals surface area (Å²) >= 11 is 6.34. The fourth-order valence-corrected chi connectivity index (χ4v) is 6.72. The van der Waals surface area contributed by atoms with Crippen molar-refractivity contribution in [2.24, 2.45) is 0 Å². The van der Waals surface area contributed by atoms with Gasteiger partial charge in [-0.1, -0.05) is 29.8 Å². The average Bonchev–Trinajstić information content (AvgIpc) is 3.57. The molecule has 3 atom stereocenters. The fourth-order valence-electron chi connectivity index (χ4n) is 5.11. The van der Waals surface area contributed by atoms with E-state index in [4.69, 9.17) is 16.3 Å². The molecule has 0 radical (unpaired) electrons. The molecule has 5 nitrogen and oxygen atoms in total. The Morgan fingerprint density at radius 3 is 2.15 bits per heavy atom. The van der Waals surface area contributed by atoms with Gasteiger partial charge >= 0.3 is 12.4 Å². The van der Waals surface area contributed by atoms with Crippen molar-refractivity contribution in [2.45, 2.75) is 48.0 Å². The van der Waals surface area contributed by atoms with Crippen molar-refractivity contribution < 1.29 is 39.5 Å². The van der Waals surface area contributed by atoms with Gasteiger partial charge < -0.3 is 9.64 Å². The second kappa shape index (κ2) is 10.7. The maximum absolute atomic E-state index is 13.6. The molecular formula is C28H25ClF6N2O3S. The fraction of sp³-hybridized carbons (Fsp3) is 0.357. The van der Waals surface area contributed by atoms with Gasteiger partial charge in [0, 0.05) is 19.2 Å². The van der Waals surface area contributed by atoms with Crippen molar-refractivity contribution in [3.8, 4) is 5.75 Å². The Morgan fingerprint density at radius 1 is 0.902 bits per heavy atom. The zero-order valence-electron chi connectivity index (χ0n) is 21.6. The molecule has 2 aliphatic rings. The van der Waals surface area contributed by atoms with Gasteiger partial charge in [0.25, 0.3) is 10.0 Å². The summed E-state index contributed by atoms with van der Waals surface area (Å²) in [7, 11) is -2.46. The van der Waals surface area contributed by atoms with E-state index in [0.717, 1.165) is 41.5 Å².